The third kappa shape index (κ3) is 3.26. The number of halogens is 3. The van der Waals surface area contributed by atoms with Crippen molar-refractivity contribution in [3.8, 4) is 0 Å². The first-order valence-electron chi connectivity index (χ1n) is 5.79. The van der Waals surface area contributed by atoms with Crippen LogP contribution in [0.5, 0.6) is 0 Å². The van der Waals surface area contributed by atoms with Crippen molar-refractivity contribution in [2.45, 2.75) is 6.54 Å². The molecule has 104 valence electrons. The van der Waals surface area contributed by atoms with Gasteiger partial charge >= 0.3 is 0 Å². The van der Waals surface area contributed by atoms with E-state index in [9.17, 15) is 9.18 Å². The lowest BCUT2D eigenvalue weighted by molar-refractivity contribution is 0.0779. The number of hydrogen-bond donors (Lipinski definition) is 0. The molecule has 0 spiro atoms. The fraction of sp³-hybridized carbons (Fsp3) is 0.143. The molecule has 20 heavy (non-hydrogen) atoms. The Morgan fingerprint density at radius 2 is 2.10 bits per heavy atom. The predicted molar refractivity (Wildman–Crippen MR) is 76.5 cm³/mol. The molecule has 0 N–H and O–H groups in total. The monoisotopic (exact) mass is 312 g/mol. The Hall–Kier alpha value is -1.65. The largest absolute Gasteiger partial charge is 0.337 e. The molecule has 3 nitrogen and oxygen atoms in total. The van der Waals surface area contributed by atoms with Crippen LogP contribution < -0.4 is 0 Å². The third-order valence-electron chi connectivity index (χ3n) is 2.76. The van der Waals surface area contributed by atoms with Crippen LogP contribution in [0.2, 0.25) is 10.0 Å². The van der Waals surface area contributed by atoms with Crippen molar-refractivity contribution < 1.29 is 9.18 Å². The number of nitrogens with zero attached hydrogens (tertiary/aromatic N) is 2. The number of hydrogen-bond acceptors (Lipinski definition) is 2. The first kappa shape index (κ1) is 14.8. The SMILES string of the molecule is CN(Cc1ccc(Cl)cc1Cl)C(=O)c1cccnc1F. The zero-order valence-corrected chi connectivity index (χ0v) is 12.1. The van der Waals surface area contributed by atoms with Crippen LogP contribution in [0.25, 0.3) is 0 Å². The molecule has 2 aromatic rings. The van der Waals surface area contributed by atoms with Crippen molar-refractivity contribution in [1.82, 2.24) is 9.88 Å². The van der Waals surface area contributed by atoms with E-state index in [1.807, 2.05) is 0 Å². The minimum absolute atomic E-state index is 0.0694. The van der Waals surface area contributed by atoms with Gasteiger partial charge in [-0.2, -0.15) is 4.39 Å². The van der Waals surface area contributed by atoms with Crippen molar-refractivity contribution in [2.24, 2.45) is 0 Å². The van der Waals surface area contributed by atoms with Gasteiger partial charge < -0.3 is 4.90 Å². The first-order chi connectivity index (χ1) is 9.49. The summed E-state index contributed by atoms with van der Waals surface area (Å²) in [6, 6.07) is 7.92. The third-order valence-corrected chi connectivity index (χ3v) is 3.35. The maximum atomic E-state index is 13.5. The van der Waals surface area contributed by atoms with Gasteiger partial charge in [0, 0.05) is 29.8 Å². The maximum Gasteiger partial charge on any atom is 0.258 e. The van der Waals surface area contributed by atoms with Gasteiger partial charge in [0.25, 0.3) is 5.91 Å². The molecular formula is C14H11Cl2FN2O. The standard InChI is InChI=1S/C14H11Cl2FN2O/c1-19(8-9-4-5-10(15)7-12(9)16)14(20)11-3-2-6-18-13(11)17/h2-7H,8H2,1H3. The quantitative estimate of drug-likeness (QED) is 0.808. The molecule has 1 aromatic carbocycles. The zero-order chi connectivity index (χ0) is 14.7. The summed E-state index contributed by atoms with van der Waals surface area (Å²) in [4.78, 5) is 17.0. The van der Waals surface area contributed by atoms with E-state index in [2.05, 4.69) is 4.98 Å². The van der Waals surface area contributed by atoms with E-state index in [4.69, 9.17) is 23.2 Å². The van der Waals surface area contributed by atoms with Gasteiger partial charge in [-0.25, -0.2) is 4.98 Å². The lowest BCUT2D eigenvalue weighted by Gasteiger charge is -2.18. The van der Waals surface area contributed by atoms with Gasteiger partial charge in [-0.05, 0) is 29.8 Å². The summed E-state index contributed by atoms with van der Waals surface area (Å²) in [6.45, 7) is 0.253. The summed E-state index contributed by atoms with van der Waals surface area (Å²) in [5.74, 6) is -1.24. The summed E-state index contributed by atoms with van der Waals surface area (Å²) in [5.41, 5.74) is 0.663. The lowest BCUT2D eigenvalue weighted by atomic mass is 10.2. The summed E-state index contributed by atoms with van der Waals surface area (Å²) in [5, 5.41) is 0.981. The van der Waals surface area contributed by atoms with Crippen LogP contribution >= 0.6 is 23.2 Å². The summed E-state index contributed by atoms with van der Waals surface area (Å²) < 4.78 is 13.5. The van der Waals surface area contributed by atoms with Crippen LogP contribution in [0.15, 0.2) is 36.5 Å². The molecule has 0 radical (unpaired) electrons. The molecule has 0 bridgehead atoms. The highest BCUT2D eigenvalue weighted by atomic mass is 35.5. The molecule has 6 heteroatoms. The normalized spacial score (nSPS) is 10.4. The zero-order valence-electron chi connectivity index (χ0n) is 10.6. The highest BCUT2D eigenvalue weighted by Crippen LogP contribution is 2.22. The Labute approximate surface area is 125 Å². The van der Waals surface area contributed by atoms with Crippen LogP contribution in [0.3, 0.4) is 0 Å². The molecule has 0 saturated carbocycles. The van der Waals surface area contributed by atoms with E-state index in [1.54, 1.807) is 25.2 Å². The van der Waals surface area contributed by atoms with Crippen molar-refractivity contribution >= 4 is 29.1 Å². The Balaban J connectivity index is 2.18. The maximum absolute atomic E-state index is 13.5. The van der Waals surface area contributed by atoms with E-state index >= 15 is 0 Å². The molecule has 0 fully saturated rings. The van der Waals surface area contributed by atoms with Crippen LogP contribution in [0.4, 0.5) is 4.39 Å². The second-order valence-corrected chi connectivity index (χ2v) is 5.08. The summed E-state index contributed by atoms with van der Waals surface area (Å²) in [7, 11) is 1.57. The van der Waals surface area contributed by atoms with Crippen molar-refractivity contribution in [3.63, 3.8) is 0 Å². The molecule has 1 aromatic heterocycles. The molecule has 2 rings (SSSR count). The van der Waals surface area contributed by atoms with Crippen molar-refractivity contribution in [3.05, 3.63) is 63.6 Å². The summed E-state index contributed by atoms with van der Waals surface area (Å²) in [6.07, 6.45) is 1.29. The highest BCUT2D eigenvalue weighted by Gasteiger charge is 2.17. The highest BCUT2D eigenvalue weighted by molar-refractivity contribution is 6.35. The second-order valence-electron chi connectivity index (χ2n) is 4.24. The smallest absolute Gasteiger partial charge is 0.258 e. The Morgan fingerprint density at radius 1 is 1.35 bits per heavy atom. The fourth-order valence-electron chi connectivity index (χ4n) is 1.73. The van der Waals surface area contributed by atoms with Crippen LogP contribution in [0.1, 0.15) is 15.9 Å². The molecule has 0 aliphatic carbocycles. The van der Waals surface area contributed by atoms with Gasteiger partial charge in [0.05, 0.1) is 5.56 Å². The Morgan fingerprint density at radius 3 is 2.75 bits per heavy atom. The van der Waals surface area contributed by atoms with E-state index in [-0.39, 0.29) is 12.1 Å². The molecule has 1 heterocycles. The minimum atomic E-state index is -0.786. The van der Waals surface area contributed by atoms with Crippen LogP contribution in [-0.2, 0) is 6.54 Å². The van der Waals surface area contributed by atoms with E-state index < -0.39 is 11.9 Å². The molecule has 0 atom stereocenters. The molecule has 0 aliphatic heterocycles. The number of carbonyl (C=O) groups excluding carboxylic acids is 1. The average Bonchev–Trinajstić information content (AvgIpc) is 2.41. The number of benzene rings is 1. The van der Waals surface area contributed by atoms with Crippen LogP contribution in [0, 0.1) is 5.95 Å². The van der Waals surface area contributed by atoms with Gasteiger partial charge in [0.15, 0.2) is 0 Å². The number of rotatable bonds is 3. The number of aromatic nitrogens is 1. The molecule has 1 amide bonds. The average molecular weight is 313 g/mol. The minimum Gasteiger partial charge on any atom is -0.337 e. The Bertz CT molecular complexity index is 649. The van der Waals surface area contributed by atoms with E-state index in [0.29, 0.717) is 10.0 Å². The van der Waals surface area contributed by atoms with Gasteiger partial charge in [0.2, 0.25) is 5.95 Å². The number of amides is 1. The summed E-state index contributed by atoms with van der Waals surface area (Å²) >= 11 is 11.9. The topological polar surface area (TPSA) is 33.2 Å². The molecule has 0 aliphatic rings. The van der Waals surface area contributed by atoms with E-state index in [0.717, 1.165) is 5.56 Å². The van der Waals surface area contributed by atoms with Crippen LogP contribution in [-0.4, -0.2) is 22.8 Å². The second kappa shape index (κ2) is 6.20. The number of pyridine rings is 1. The van der Waals surface area contributed by atoms with E-state index in [1.165, 1.54) is 23.2 Å². The van der Waals surface area contributed by atoms with Gasteiger partial charge in [0.1, 0.15) is 0 Å². The van der Waals surface area contributed by atoms with Gasteiger partial charge in [-0.3, -0.25) is 4.79 Å². The lowest BCUT2D eigenvalue weighted by Crippen LogP contribution is -2.27. The van der Waals surface area contributed by atoms with Crippen molar-refractivity contribution in [1.29, 1.82) is 0 Å². The van der Waals surface area contributed by atoms with Gasteiger partial charge in [-0.1, -0.05) is 29.3 Å². The number of carbonyl (C=O) groups is 1. The molecular weight excluding hydrogens is 302 g/mol. The fourth-order valence-corrected chi connectivity index (χ4v) is 2.20. The predicted octanol–water partition coefficient (Wildman–Crippen LogP) is 3.80. The molecule has 0 saturated heterocycles. The molecule has 0 unspecified atom stereocenters. The van der Waals surface area contributed by atoms with Gasteiger partial charge in [-0.15, -0.1) is 0 Å². The van der Waals surface area contributed by atoms with Crippen molar-refractivity contribution in [2.75, 3.05) is 7.05 Å². The Kier molecular flexibility index (Phi) is 4.57. The first-order valence-corrected chi connectivity index (χ1v) is 6.54.